The molecule has 0 aromatic carbocycles. The minimum Gasteiger partial charge on any atom is -0.380 e. The fourth-order valence-corrected chi connectivity index (χ4v) is 2.14. The van der Waals surface area contributed by atoms with Crippen molar-refractivity contribution >= 4 is 0 Å². The smallest absolute Gasteiger partial charge is 0.0645 e. The lowest BCUT2D eigenvalue weighted by molar-refractivity contribution is 0.135. The van der Waals surface area contributed by atoms with E-state index in [1.165, 1.54) is 64.2 Å². The normalized spacial score (nSPS) is 11.0. The van der Waals surface area contributed by atoms with Crippen molar-refractivity contribution in [2.24, 2.45) is 0 Å². The summed E-state index contributed by atoms with van der Waals surface area (Å²) in [6, 6.07) is 2.09. The summed E-state index contributed by atoms with van der Waals surface area (Å²) in [6.45, 7) is 3.67. The number of nitriles is 1. The lowest BCUT2D eigenvalue weighted by atomic mass is 10.1. The molecule has 0 saturated heterocycles. The molecule has 0 fully saturated rings. The van der Waals surface area contributed by atoms with Gasteiger partial charge in [-0.15, -0.1) is 0 Å². The predicted octanol–water partition coefficient (Wildman–Crippen LogP) is 5.78. The zero-order valence-corrected chi connectivity index (χ0v) is 13.4. The monoisotopic (exact) mass is 279 g/mol. The Hall–Kier alpha value is -0.810. The van der Waals surface area contributed by atoms with Crippen LogP contribution in [0, 0.1) is 11.3 Å². The molecule has 0 aliphatic rings. The second kappa shape index (κ2) is 18.2. The Kier molecular flexibility index (Phi) is 17.5. The van der Waals surface area contributed by atoms with Gasteiger partial charge in [-0.1, -0.05) is 57.6 Å². The van der Waals surface area contributed by atoms with Crippen LogP contribution in [-0.2, 0) is 4.74 Å². The van der Waals surface area contributed by atoms with E-state index in [1.807, 2.05) is 0 Å². The van der Waals surface area contributed by atoms with Gasteiger partial charge >= 0.3 is 0 Å². The summed E-state index contributed by atoms with van der Waals surface area (Å²) < 4.78 is 5.34. The molecule has 116 valence electrons. The molecule has 2 heteroatoms. The predicted molar refractivity (Wildman–Crippen MR) is 86.7 cm³/mol. The molecule has 0 amide bonds. The highest BCUT2D eigenvalue weighted by Gasteiger charge is 1.91. The van der Waals surface area contributed by atoms with Gasteiger partial charge in [-0.3, -0.25) is 0 Å². The molecule has 0 radical (unpaired) electrons. The summed E-state index contributed by atoms with van der Waals surface area (Å²) in [5, 5.41) is 8.35. The summed E-state index contributed by atoms with van der Waals surface area (Å²) in [4.78, 5) is 0. The van der Waals surface area contributed by atoms with E-state index in [9.17, 15) is 0 Å². The van der Waals surface area contributed by atoms with Crippen LogP contribution >= 0.6 is 0 Å². The van der Waals surface area contributed by atoms with Crippen LogP contribution in [0.5, 0.6) is 0 Å². The molecule has 0 aromatic heterocycles. The molecule has 0 N–H and O–H groups in total. The number of hydrogen-bond donors (Lipinski definition) is 0. The molecule has 0 spiro atoms. The molecule has 0 atom stereocenters. The zero-order valence-electron chi connectivity index (χ0n) is 13.4. The maximum Gasteiger partial charge on any atom is 0.0645 e. The summed E-state index contributed by atoms with van der Waals surface area (Å²) in [5.74, 6) is 0. The van der Waals surface area contributed by atoms with Crippen molar-refractivity contribution in [3.05, 3.63) is 12.2 Å². The van der Waals surface area contributed by atoms with Gasteiger partial charge in [0, 0.05) is 6.61 Å². The summed E-state index contributed by atoms with van der Waals surface area (Å²) in [7, 11) is 0. The van der Waals surface area contributed by atoms with E-state index in [2.05, 4.69) is 25.1 Å². The number of nitrogens with zero attached hydrogens (tertiary/aromatic N) is 1. The molecule has 0 rings (SSSR count). The molecule has 0 aliphatic heterocycles. The first kappa shape index (κ1) is 19.2. The average molecular weight is 279 g/mol. The number of rotatable bonds is 15. The highest BCUT2D eigenvalue weighted by Crippen LogP contribution is 2.07. The van der Waals surface area contributed by atoms with Gasteiger partial charge in [-0.25, -0.2) is 0 Å². The van der Waals surface area contributed by atoms with Crippen LogP contribution in [0.15, 0.2) is 12.2 Å². The van der Waals surface area contributed by atoms with Crippen LogP contribution in [0.4, 0.5) is 0 Å². The van der Waals surface area contributed by atoms with E-state index >= 15 is 0 Å². The van der Waals surface area contributed by atoms with Crippen molar-refractivity contribution in [1.29, 1.82) is 5.26 Å². The molecule has 20 heavy (non-hydrogen) atoms. The quantitative estimate of drug-likeness (QED) is 0.281. The molecule has 0 saturated carbocycles. The van der Waals surface area contributed by atoms with Gasteiger partial charge in [0.25, 0.3) is 0 Å². The molecule has 2 nitrogen and oxygen atoms in total. The fraction of sp³-hybridized carbons (Fsp3) is 0.833. The molecule has 0 aromatic rings. The first-order chi connectivity index (χ1) is 9.91. The summed E-state index contributed by atoms with van der Waals surface area (Å²) in [6.07, 6.45) is 19.6. The van der Waals surface area contributed by atoms with E-state index in [1.54, 1.807) is 0 Å². The van der Waals surface area contributed by atoms with Crippen LogP contribution in [-0.4, -0.2) is 13.2 Å². The number of ether oxygens (including phenoxy) is 1. The van der Waals surface area contributed by atoms with Gasteiger partial charge in [0.2, 0.25) is 0 Å². The fourth-order valence-electron chi connectivity index (χ4n) is 2.14. The Balaban J connectivity index is 3.02. The topological polar surface area (TPSA) is 33.0 Å². The summed E-state index contributed by atoms with van der Waals surface area (Å²) in [5.41, 5.74) is 0. The van der Waals surface area contributed by atoms with E-state index in [-0.39, 0.29) is 0 Å². The Morgan fingerprint density at radius 2 is 1.40 bits per heavy atom. The minimum absolute atomic E-state index is 0.519. The van der Waals surface area contributed by atoms with Crippen molar-refractivity contribution in [2.45, 2.75) is 84.0 Å². The second-order valence-corrected chi connectivity index (χ2v) is 5.40. The van der Waals surface area contributed by atoms with E-state index in [0.29, 0.717) is 13.0 Å². The van der Waals surface area contributed by atoms with Crippen LogP contribution in [0.25, 0.3) is 0 Å². The third kappa shape index (κ3) is 17.2. The number of unbranched alkanes of at least 4 members (excludes halogenated alkanes) is 9. The first-order valence-electron chi connectivity index (χ1n) is 8.51. The molecule has 0 aliphatic carbocycles. The Morgan fingerprint density at radius 3 is 2.05 bits per heavy atom. The molecule has 0 unspecified atom stereocenters. The van der Waals surface area contributed by atoms with Crippen molar-refractivity contribution in [3.63, 3.8) is 0 Å². The lowest BCUT2D eigenvalue weighted by Crippen LogP contribution is -1.95. The van der Waals surface area contributed by atoms with E-state index in [4.69, 9.17) is 10.00 Å². The van der Waals surface area contributed by atoms with Crippen LogP contribution in [0.1, 0.15) is 84.0 Å². The van der Waals surface area contributed by atoms with Crippen LogP contribution in [0.2, 0.25) is 0 Å². The van der Waals surface area contributed by atoms with Crippen molar-refractivity contribution in [1.82, 2.24) is 0 Å². The number of allylic oxidation sites excluding steroid dienone is 2. The maximum absolute atomic E-state index is 8.35. The Bertz CT molecular complexity index is 242. The van der Waals surface area contributed by atoms with Gasteiger partial charge in [0.1, 0.15) is 0 Å². The molecule has 0 heterocycles. The van der Waals surface area contributed by atoms with Crippen LogP contribution in [0.3, 0.4) is 0 Å². The largest absolute Gasteiger partial charge is 0.380 e. The Labute approximate surface area is 126 Å². The second-order valence-electron chi connectivity index (χ2n) is 5.40. The van der Waals surface area contributed by atoms with E-state index in [0.717, 1.165) is 13.0 Å². The third-order valence-corrected chi connectivity index (χ3v) is 3.41. The minimum atomic E-state index is 0.519. The van der Waals surface area contributed by atoms with Crippen LogP contribution < -0.4 is 0 Å². The van der Waals surface area contributed by atoms with Crippen molar-refractivity contribution in [3.8, 4) is 6.07 Å². The van der Waals surface area contributed by atoms with Gasteiger partial charge in [0.15, 0.2) is 0 Å². The zero-order chi connectivity index (χ0) is 14.7. The highest BCUT2D eigenvalue weighted by molar-refractivity contribution is 4.81. The standard InChI is InChI=1S/C18H33NO/c1-2-3-4-5-6-7-8-9-10-11-12-13-14-17-20-18-15-16-19/h7-8H,2-6,9-15,17-18H2,1H3/b8-7+. The maximum atomic E-state index is 8.35. The average Bonchev–Trinajstić information content (AvgIpc) is 2.47. The first-order valence-corrected chi connectivity index (χ1v) is 8.51. The van der Waals surface area contributed by atoms with Gasteiger partial charge in [-0.2, -0.15) is 5.26 Å². The molecular formula is C18H33NO. The summed E-state index contributed by atoms with van der Waals surface area (Å²) >= 11 is 0. The molecule has 0 bridgehead atoms. The lowest BCUT2D eigenvalue weighted by Gasteiger charge is -2.01. The van der Waals surface area contributed by atoms with E-state index < -0.39 is 0 Å². The van der Waals surface area contributed by atoms with Gasteiger partial charge in [0.05, 0.1) is 19.1 Å². The van der Waals surface area contributed by atoms with Crippen molar-refractivity contribution < 1.29 is 4.74 Å². The van der Waals surface area contributed by atoms with Gasteiger partial charge < -0.3 is 4.74 Å². The third-order valence-electron chi connectivity index (χ3n) is 3.41. The van der Waals surface area contributed by atoms with Gasteiger partial charge in [-0.05, 0) is 32.1 Å². The Morgan fingerprint density at radius 1 is 0.800 bits per heavy atom. The SMILES string of the molecule is CCCCCC/C=C/CCCCCCCOCCC#N. The van der Waals surface area contributed by atoms with Crippen molar-refractivity contribution in [2.75, 3.05) is 13.2 Å². The highest BCUT2D eigenvalue weighted by atomic mass is 16.5. The molecular weight excluding hydrogens is 246 g/mol. The number of hydrogen-bond acceptors (Lipinski definition) is 2.